The van der Waals surface area contributed by atoms with Crippen LogP contribution in [-0.2, 0) is 19.2 Å². The molecule has 0 aliphatic heterocycles. The van der Waals surface area contributed by atoms with Gasteiger partial charge in [0.25, 0.3) is 0 Å². The van der Waals surface area contributed by atoms with Crippen LogP contribution in [0.1, 0.15) is 5.89 Å². The summed E-state index contributed by atoms with van der Waals surface area (Å²) in [6.45, 7) is 0.468. The summed E-state index contributed by atoms with van der Waals surface area (Å²) in [5.41, 5.74) is 0. The summed E-state index contributed by atoms with van der Waals surface area (Å²) in [7, 11) is 0. The van der Waals surface area contributed by atoms with Crippen molar-refractivity contribution in [3.05, 3.63) is 18.4 Å². The molecule has 54 valence electrons. The van der Waals surface area contributed by atoms with Gasteiger partial charge < -0.3 is 34.6 Å². The Hall–Kier alpha value is 0.320. The molecular formula is C5H5N2NaOS2. The minimum Gasteiger partial charge on any atom is -0.447 e. The van der Waals surface area contributed by atoms with Gasteiger partial charge in [0.15, 0.2) is 0 Å². The molecule has 0 amide bonds. The fraction of sp³-hybridized carbons (Fsp3) is 0.200. The molecular weight excluding hydrogens is 191 g/mol. The quantitative estimate of drug-likeness (QED) is 0.324. The van der Waals surface area contributed by atoms with Gasteiger partial charge in [-0.2, -0.15) is 0 Å². The molecule has 1 aromatic heterocycles. The van der Waals surface area contributed by atoms with E-state index in [1.807, 2.05) is 0 Å². The Bertz CT molecular complexity index is 214. The van der Waals surface area contributed by atoms with Gasteiger partial charge >= 0.3 is 29.6 Å². The van der Waals surface area contributed by atoms with Gasteiger partial charge in [-0.3, -0.25) is 0 Å². The second-order valence-corrected chi connectivity index (χ2v) is 2.64. The molecule has 1 rings (SSSR count). The van der Waals surface area contributed by atoms with Gasteiger partial charge in [-0.25, -0.2) is 4.98 Å². The molecule has 1 aromatic rings. The molecule has 1 N–H and O–H groups in total. The summed E-state index contributed by atoms with van der Waals surface area (Å²) in [6.07, 6.45) is 3.08. The average molecular weight is 196 g/mol. The van der Waals surface area contributed by atoms with Crippen LogP contribution in [0, 0.1) is 0 Å². The molecule has 0 saturated carbocycles. The maximum Gasteiger partial charge on any atom is 1.00 e. The van der Waals surface area contributed by atoms with E-state index in [2.05, 4.69) is 35.1 Å². The number of hydrogen-bond donors (Lipinski definition) is 1. The molecule has 0 saturated heterocycles. The molecule has 0 unspecified atom stereocenters. The first-order chi connectivity index (χ1) is 4.79. The maximum atomic E-state index is 4.90. The minimum absolute atomic E-state index is 0. The van der Waals surface area contributed by atoms with Crippen LogP contribution in [0.4, 0.5) is 0 Å². The van der Waals surface area contributed by atoms with Gasteiger partial charge in [-0.1, -0.05) is 4.32 Å². The largest absolute Gasteiger partial charge is 1.00 e. The third-order valence-electron chi connectivity index (χ3n) is 0.867. The Labute approximate surface area is 97.7 Å². The number of thiocarbonyl (C=S) groups is 1. The Morgan fingerprint density at radius 2 is 2.55 bits per heavy atom. The first-order valence-corrected chi connectivity index (χ1v) is 3.44. The van der Waals surface area contributed by atoms with Gasteiger partial charge in [-0.15, -0.1) is 0 Å². The van der Waals surface area contributed by atoms with E-state index >= 15 is 0 Å². The molecule has 0 atom stereocenters. The van der Waals surface area contributed by atoms with Gasteiger partial charge in [0.05, 0.1) is 12.7 Å². The van der Waals surface area contributed by atoms with Crippen LogP contribution in [0.2, 0.25) is 0 Å². The Kier molecular flexibility index (Phi) is 6.08. The molecule has 1 heterocycles. The molecule has 0 radical (unpaired) electrons. The summed E-state index contributed by atoms with van der Waals surface area (Å²) < 4.78 is 5.24. The van der Waals surface area contributed by atoms with Crippen molar-refractivity contribution >= 4 is 29.2 Å². The molecule has 0 aromatic carbocycles. The molecule has 0 bridgehead atoms. The Morgan fingerprint density at radius 3 is 3.00 bits per heavy atom. The van der Waals surface area contributed by atoms with Crippen molar-refractivity contribution in [2.45, 2.75) is 6.54 Å². The molecule has 0 aliphatic rings. The fourth-order valence-electron chi connectivity index (χ4n) is 0.488. The minimum atomic E-state index is 0. The van der Waals surface area contributed by atoms with E-state index in [1.165, 1.54) is 6.26 Å². The van der Waals surface area contributed by atoms with Crippen molar-refractivity contribution < 1.29 is 34.0 Å². The van der Waals surface area contributed by atoms with Crippen LogP contribution in [0.15, 0.2) is 16.9 Å². The van der Waals surface area contributed by atoms with E-state index in [0.717, 1.165) is 0 Å². The zero-order chi connectivity index (χ0) is 7.40. The van der Waals surface area contributed by atoms with Crippen LogP contribution in [0.5, 0.6) is 0 Å². The van der Waals surface area contributed by atoms with Crippen LogP contribution < -0.4 is 34.9 Å². The summed E-state index contributed by atoms with van der Waals surface area (Å²) in [5.74, 6) is 0.590. The third kappa shape index (κ3) is 4.71. The summed E-state index contributed by atoms with van der Waals surface area (Å²) in [5, 5.41) is 2.74. The summed E-state index contributed by atoms with van der Waals surface area (Å²) in [4.78, 5) is 3.85. The Balaban J connectivity index is 0.000001000. The predicted molar refractivity (Wildman–Crippen MR) is 43.3 cm³/mol. The van der Waals surface area contributed by atoms with E-state index in [0.29, 0.717) is 16.8 Å². The number of nitrogens with zero attached hydrogens (tertiary/aromatic N) is 1. The second-order valence-electron chi connectivity index (χ2n) is 1.57. The van der Waals surface area contributed by atoms with E-state index < -0.39 is 0 Å². The number of aromatic nitrogens is 1. The monoisotopic (exact) mass is 196 g/mol. The zero-order valence-electron chi connectivity index (χ0n) is 6.03. The summed E-state index contributed by atoms with van der Waals surface area (Å²) in [6, 6.07) is 0. The first-order valence-electron chi connectivity index (χ1n) is 2.62. The van der Waals surface area contributed by atoms with E-state index in [-0.39, 0.29) is 29.6 Å². The summed E-state index contributed by atoms with van der Waals surface area (Å²) >= 11 is 9.21. The number of hydrogen-bond acceptors (Lipinski definition) is 4. The number of rotatable bonds is 2. The smallest absolute Gasteiger partial charge is 0.447 e. The van der Waals surface area contributed by atoms with Crippen LogP contribution in [0.3, 0.4) is 0 Å². The third-order valence-corrected chi connectivity index (χ3v) is 1.16. The van der Waals surface area contributed by atoms with Crippen molar-refractivity contribution in [1.29, 1.82) is 0 Å². The van der Waals surface area contributed by atoms with Crippen LogP contribution in [0.25, 0.3) is 0 Å². The van der Waals surface area contributed by atoms with E-state index in [9.17, 15) is 0 Å². The second kappa shape index (κ2) is 5.91. The van der Waals surface area contributed by atoms with Crippen LogP contribution >= 0.6 is 12.2 Å². The van der Waals surface area contributed by atoms with Crippen molar-refractivity contribution in [2.75, 3.05) is 0 Å². The molecule has 0 fully saturated rings. The van der Waals surface area contributed by atoms with Gasteiger partial charge in [0.1, 0.15) is 6.26 Å². The maximum absolute atomic E-state index is 4.90. The van der Waals surface area contributed by atoms with Crippen LogP contribution in [-0.4, -0.2) is 9.30 Å². The number of nitrogens with one attached hydrogen (secondary N) is 1. The van der Waals surface area contributed by atoms with E-state index in [1.54, 1.807) is 6.20 Å². The van der Waals surface area contributed by atoms with Gasteiger partial charge in [0.2, 0.25) is 5.89 Å². The van der Waals surface area contributed by atoms with Gasteiger partial charge in [-0.05, 0) is 0 Å². The van der Waals surface area contributed by atoms with E-state index in [4.69, 9.17) is 4.42 Å². The molecule has 0 spiro atoms. The molecule has 6 heteroatoms. The molecule has 3 nitrogen and oxygen atoms in total. The topological polar surface area (TPSA) is 38.1 Å². The first kappa shape index (κ1) is 11.3. The van der Waals surface area contributed by atoms with Gasteiger partial charge in [0, 0.05) is 0 Å². The average Bonchev–Trinajstić information content (AvgIpc) is 2.34. The molecule has 0 aliphatic carbocycles. The van der Waals surface area contributed by atoms with Crippen molar-refractivity contribution in [2.24, 2.45) is 0 Å². The molecule has 11 heavy (non-hydrogen) atoms. The van der Waals surface area contributed by atoms with Crippen molar-refractivity contribution in [1.82, 2.24) is 10.3 Å². The zero-order valence-corrected chi connectivity index (χ0v) is 9.67. The normalized spacial score (nSPS) is 8.36. The van der Waals surface area contributed by atoms with Crippen molar-refractivity contribution in [3.8, 4) is 0 Å². The fourth-order valence-corrected chi connectivity index (χ4v) is 0.632. The predicted octanol–water partition coefficient (Wildman–Crippen LogP) is -2.40. The standard InChI is InChI=1S/C5H6N2OS2.Na/c9-5(10)7-3-4-6-1-2-8-4;/h1-2H,3H2,(H2,7,9,10);/q;+1/p-1. The Morgan fingerprint density at radius 1 is 1.82 bits per heavy atom. The SMILES string of the molecule is S=C([S-])NCc1ncco1.[Na+]. The number of oxazole rings is 1. The van der Waals surface area contributed by atoms with Crippen molar-refractivity contribution in [3.63, 3.8) is 0 Å².